The number of aromatic nitrogens is 4. The van der Waals surface area contributed by atoms with Crippen molar-refractivity contribution in [3.05, 3.63) is 87.1 Å². The molecule has 4 aromatic rings. The van der Waals surface area contributed by atoms with Gasteiger partial charge in [0.2, 0.25) is 0 Å². The summed E-state index contributed by atoms with van der Waals surface area (Å²) in [6.07, 6.45) is 2.89. The first-order valence-electron chi connectivity index (χ1n) is 8.74. The lowest BCUT2D eigenvalue weighted by Gasteiger charge is -2.09. The summed E-state index contributed by atoms with van der Waals surface area (Å²) in [5.41, 5.74) is 3.72. The summed E-state index contributed by atoms with van der Waals surface area (Å²) in [7, 11) is 0. The standard InChI is InChI=1S/C21H17ClN4O2/c1-13-4-3-5-18(14(13)2)26-20-17(10-24-26)21(28)25(12-23-20)11-19(27)15-6-8-16(22)9-7-15/h3-10,12H,11H2,1-2H3. The van der Waals surface area contributed by atoms with Crippen molar-refractivity contribution in [1.82, 2.24) is 19.3 Å². The van der Waals surface area contributed by atoms with E-state index in [0.29, 0.717) is 21.6 Å². The van der Waals surface area contributed by atoms with Gasteiger partial charge in [0.15, 0.2) is 11.4 Å². The monoisotopic (exact) mass is 392 g/mol. The Hall–Kier alpha value is -3.25. The van der Waals surface area contributed by atoms with E-state index in [-0.39, 0.29) is 17.9 Å². The summed E-state index contributed by atoms with van der Waals surface area (Å²) in [6, 6.07) is 12.5. The maximum Gasteiger partial charge on any atom is 0.264 e. The highest BCUT2D eigenvalue weighted by molar-refractivity contribution is 6.30. The zero-order chi connectivity index (χ0) is 19.8. The van der Waals surface area contributed by atoms with Crippen LogP contribution in [0.2, 0.25) is 5.02 Å². The quantitative estimate of drug-likeness (QED) is 0.496. The van der Waals surface area contributed by atoms with Crippen molar-refractivity contribution in [3.8, 4) is 5.69 Å². The average Bonchev–Trinajstić information content (AvgIpc) is 3.11. The van der Waals surface area contributed by atoms with Crippen LogP contribution in [-0.4, -0.2) is 25.1 Å². The van der Waals surface area contributed by atoms with E-state index >= 15 is 0 Å². The first-order valence-corrected chi connectivity index (χ1v) is 9.12. The van der Waals surface area contributed by atoms with E-state index in [0.717, 1.165) is 16.8 Å². The minimum absolute atomic E-state index is 0.0991. The van der Waals surface area contributed by atoms with Crippen LogP contribution in [0.1, 0.15) is 21.5 Å². The van der Waals surface area contributed by atoms with Crippen LogP contribution in [0, 0.1) is 13.8 Å². The number of carbonyl (C=O) groups excluding carboxylic acids is 1. The number of halogens is 1. The molecular formula is C21H17ClN4O2. The fraction of sp³-hybridized carbons (Fsp3) is 0.143. The molecule has 2 aromatic heterocycles. The van der Waals surface area contributed by atoms with E-state index in [1.807, 2.05) is 32.0 Å². The van der Waals surface area contributed by atoms with E-state index in [1.165, 1.54) is 17.1 Å². The van der Waals surface area contributed by atoms with Gasteiger partial charge in [0.05, 0.1) is 18.4 Å². The molecule has 7 heteroatoms. The molecule has 0 saturated heterocycles. The second-order valence-electron chi connectivity index (χ2n) is 6.62. The van der Waals surface area contributed by atoms with Gasteiger partial charge in [-0.15, -0.1) is 0 Å². The topological polar surface area (TPSA) is 69.8 Å². The second-order valence-corrected chi connectivity index (χ2v) is 7.06. The van der Waals surface area contributed by atoms with E-state index in [2.05, 4.69) is 10.1 Å². The summed E-state index contributed by atoms with van der Waals surface area (Å²) in [5.74, 6) is -0.193. The van der Waals surface area contributed by atoms with Crippen LogP contribution in [0.15, 0.2) is 59.8 Å². The van der Waals surface area contributed by atoms with Gasteiger partial charge >= 0.3 is 0 Å². The van der Waals surface area contributed by atoms with E-state index < -0.39 is 0 Å². The molecule has 0 unspecified atom stereocenters. The van der Waals surface area contributed by atoms with Crippen LogP contribution in [0.25, 0.3) is 16.7 Å². The average molecular weight is 393 g/mol. The number of ketones is 1. The van der Waals surface area contributed by atoms with Gasteiger partial charge in [-0.3, -0.25) is 14.2 Å². The maximum absolute atomic E-state index is 12.8. The lowest BCUT2D eigenvalue weighted by Crippen LogP contribution is -2.24. The van der Waals surface area contributed by atoms with Crippen LogP contribution in [0.5, 0.6) is 0 Å². The van der Waals surface area contributed by atoms with Gasteiger partial charge in [0.1, 0.15) is 11.7 Å². The van der Waals surface area contributed by atoms with Gasteiger partial charge in [-0.1, -0.05) is 23.7 Å². The minimum atomic E-state index is -0.302. The summed E-state index contributed by atoms with van der Waals surface area (Å²) in [5, 5.41) is 5.28. The molecule has 6 nitrogen and oxygen atoms in total. The number of rotatable bonds is 4. The van der Waals surface area contributed by atoms with Crippen LogP contribution < -0.4 is 5.56 Å². The van der Waals surface area contributed by atoms with Gasteiger partial charge in [0, 0.05) is 10.6 Å². The normalized spacial score (nSPS) is 11.1. The lowest BCUT2D eigenvalue weighted by atomic mass is 10.1. The van der Waals surface area contributed by atoms with Crippen molar-refractivity contribution in [1.29, 1.82) is 0 Å². The molecule has 0 radical (unpaired) electrons. The number of carbonyl (C=O) groups is 1. The molecule has 4 rings (SSSR count). The molecule has 0 atom stereocenters. The Bertz CT molecular complexity index is 1260. The van der Waals surface area contributed by atoms with Crippen LogP contribution in [-0.2, 0) is 6.54 Å². The van der Waals surface area contributed by atoms with Crippen molar-refractivity contribution < 1.29 is 4.79 Å². The van der Waals surface area contributed by atoms with Crippen LogP contribution in [0.3, 0.4) is 0 Å². The number of hydrogen-bond acceptors (Lipinski definition) is 4. The molecule has 0 bridgehead atoms. The fourth-order valence-electron chi connectivity index (χ4n) is 3.08. The van der Waals surface area contributed by atoms with Crippen molar-refractivity contribution in [2.24, 2.45) is 0 Å². The van der Waals surface area contributed by atoms with E-state index in [1.54, 1.807) is 28.9 Å². The molecule has 0 aliphatic carbocycles. The summed E-state index contributed by atoms with van der Waals surface area (Å²) >= 11 is 5.86. The Kier molecular flexibility index (Phi) is 4.57. The summed E-state index contributed by atoms with van der Waals surface area (Å²) < 4.78 is 2.96. The molecule has 0 saturated carbocycles. The molecule has 0 fully saturated rings. The predicted molar refractivity (Wildman–Crippen MR) is 108 cm³/mol. The second kappa shape index (κ2) is 7.05. The van der Waals surface area contributed by atoms with E-state index in [9.17, 15) is 9.59 Å². The number of aryl methyl sites for hydroxylation is 1. The third-order valence-corrected chi connectivity index (χ3v) is 5.09. The van der Waals surface area contributed by atoms with Gasteiger partial charge < -0.3 is 0 Å². The lowest BCUT2D eigenvalue weighted by molar-refractivity contribution is 0.0970. The van der Waals surface area contributed by atoms with Crippen LogP contribution in [0.4, 0.5) is 0 Å². The van der Waals surface area contributed by atoms with Crippen molar-refractivity contribution in [2.75, 3.05) is 0 Å². The Balaban J connectivity index is 1.73. The molecule has 0 aliphatic heterocycles. The smallest absolute Gasteiger partial charge is 0.264 e. The Labute approximate surface area is 166 Å². The highest BCUT2D eigenvalue weighted by atomic mass is 35.5. The number of nitrogens with zero attached hydrogens (tertiary/aromatic N) is 4. The predicted octanol–water partition coefficient (Wildman–Crippen LogP) is 3.74. The third kappa shape index (κ3) is 3.12. The Morgan fingerprint density at radius 1 is 1.11 bits per heavy atom. The Morgan fingerprint density at radius 2 is 1.86 bits per heavy atom. The molecule has 28 heavy (non-hydrogen) atoms. The van der Waals surface area contributed by atoms with Gasteiger partial charge in [-0.25, -0.2) is 9.67 Å². The molecule has 0 spiro atoms. The van der Waals surface area contributed by atoms with Crippen molar-refractivity contribution in [2.45, 2.75) is 20.4 Å². The molecule has 0 amide bonds. The maximum atomic E-state index is 12.8. The summed E-state index contributed by atoms with van der Waals surface area (Å²) in [4.78, 5) is 29.7. The molecule has 0 N–H and O–H groups in total. The zero-order valence-corrected chi connectivity index (χ0v) is 16.1. The highest BCUT2D eigenvalue weighted by Crippen LogP contribution is 2.20. The molecule has 0 aliphatic rings. The third-order valence-electron chi connectivity index (χ3n) is 4.84. The Morgan fingerprint density at radius 3 is 2.61 bits per heavy atom. The number of fused-ring (bicyclic) bond motifs is 1. The SMILES string of the molecule is Cc1cccc(-n2ncc3c(=O)n(CC(=O)c4ccc(Cl)cc4)cnc32)c1C. The highest BCUT2D eigenvalue weighted by Gasteiger charge is 2.15. The number of hydrogen-bond donors (Lipinski definition) is 0. The van der Waals surface area contributed by atoms with Crippen molar-refractivity contribution >= 4 is 28.4 Å². The van der Waals surface area contributed by atoms with E-state index in [4.69, 9.17) is 11.6 Å². The number of benzene rings is 2. The summed E-state index contributed by atoms with van der Waals surface area (Å²) in [6.45, 7) is 3.93. The van der Waals surface area contributed by atoms with Gasteiger partial charge in [-0.2, -0.15) is 5.10 Å². The molecule has 2 heterocycles. The molecular weight excluding hydrogens is 376 g/mol. The first-order chi connectivity index (χ1) is 13.5. The minimum Gasteiger partial charge on any atom is -0.292 e. The van der Waals surface area contributed by atoms with Crippen molar-refractivity contribution in [3.63, 3.8) is 0 Å². The van der Waals surface area contributed by atoms with Gasteiger partial charge in [0.25, 0.3) is 5.56 Å². The largest absolute Gasteiger partial charge is 0.292 e. The fourth-order valence-corrected chi connectivity index (χ4v) is 3.21. The zero-order valence-electron chi connectivity index (χ0n) is 15.4. The first kappa shape index (κ1) is 18.1. The molecule has 2 aromatic carbocycles. The van der Waals surface area contributed by atoms with Gasteiger partial charge in [-0.05, 0) is 55.3 Å². The van der Waals surface area contributed by atoms with Crippen LogP contribution >= 0.6 is 11.6 Å². The number of Topliss-reactive ketones (excluding diaryl/α,β-unsaturated/α-hetero) is 1. The molecule has 140 valence electrons.